The molecule has 2 aromatic carbocycles. The molecule has 5 rings (SSSR count). The largest absolute Gasteiger partial charge is 0.456 e. The van der Waals surface area contributed by atoms with Crippen LogP contribution >= 0.6 is 0 Å². The molecule has 0 aliphatic carbocycles. The van der Waals surface area contributed by atoms with Crippen molar-refractivity contribution in [1.82, 2.24) is 4.90 Å². The molecule has 2 bridgehead atoms. The summed E-state index contributed by atoms with van der Waals surface area (Å²) in [5.74, 6) is 0.505. The van der Waals surface area contributed by atoms with E-state index >= 15 is 0 Å². The number of fused-ring (bicyclic) bond motifs is 4. The minimum absolute atomic E-state index is 0.128. The van der Waals surface area contributed by atoms with Crippen LogP contribution in [0.4, 0.5) is 4.39 Å². The van der Waals surface area contributed by atoms with Gasteiger partial charge in [0.1, 0.15) is 11.9 Å². The van der Waals surface area contributed by atoms with Crippen LogP contribution in [-0.2, 0) is 9.53 Å². The Bertz CT molecular complexity index is 849. The Hall–Kier alpha value is -2.20. The minimum atomic E-state index is -0.383. The number of carbonyl (C=O) groups excluding carboxylic acids is 1. The molecule has 26 heavy (non-hydrogen) atoms. The molecule has 2 aromatic rings. The van der Waals surface area contributed by atoms with Gasteiger partial charge in [0.25, 0.3) is 0 Å². The van der Waals surface area contributed by atoms with Gasteiger partial charge in [-0.3, -0.25) is 9.69 Å². The van der Waals surface area contributed by atoms with E-state index in [1.165, 1.54) is 13.0 Å². The van der Waals surface area contributed by atoms with Crippen molar-refractivity contribution in [1.29, 1.82) is 0 Å². The smallest absolute Gasteiger partial charge is 0.303 e. The number of halogens is 1. The van der Waals surface area contributed by atoms with Gasteiger partial charge in [-0.2, -0.15) is 0 Å². The molecule has 5 atom stereocenters. The first kappa shape index (κ1) is 17.2. The molecule has 0 radical (unpaired) electrons. The molecule has 3 fully saturated rings. The van der Waals surface area contributed by atoms with Crippen molar-refractivity contribution in [2.45, 2.75) is 31.9 Å². The molecule has 0 N–H and O–H groups in total. The predicted molar refractivity (Wildman–Crippen MR) is 100 cm³/mol. The number of piperidine rings is 3. The van der Waals surface area contributed by atoms with Crippen LogP contribution < -0.4 is 0 Å². The standard InChI is InChI=1S/C22H24FNO2/c1-3-15-13-24-10-9-17(15)11-21(24)22(26-14(2)25)19-6-4-5-16-7-8-18(23)12-20(16)19/h3-8,12,15,17,21-22H,1,9-11,13H2,2H3/t15?,17?,21?,22-/m1/s1. The lowest BCUT2D eigenvalue weighted by molar-refractivity contribution is -0.154. The molecule has 3 nitrogen and oxygen atoms in total. The first-order valence-corrected chi connectivity index (χ1v) is 9.29. The zero-order chi connectivity index (χ0) is 18.3. The topological polar surface area (TPSA) is 29.5 Å². The summed E-state index contributed by atoms with van der Waals surface area (Å²) in [7, 11) is 0. The van der Waals surface area contributed by atoms with Crippen LogP contribution in [0.2, 0.25) is 0 Å². The lowest BCUT2D eigenvalue weighted by Gasteiger charge is -2.51. The molecule has 0 saturated carbocycles. The van der Waals surface area contributed by atoms with Crippen LogP contribution in [0.3, 0.4) is 0 Å². The van der Waals surface area contributed by atoms with Gasteiger partial charge in [0, 0.05) is 19.0 Å². The van der Waals surface area contributed by atoms with Gasteiger partial charge in [-0.05, 0) is 54.1 Å². The van der Waals surface area contributed by atoms with Crippen molar-refractivity contribution in [3.05, 3.63) is 60.4 Å². The molecule has 4 heteroatoms. The zero-order valence-corrected chi connectivity index (χ0v) is 15.0. The average Bonchev–Trinajstić information content (AvgIpc) is 2.65. The molecule has 3 aliphatic heterocycles. The lowest BCUT2D eigenvalue weighted by Crippen LogP contribution is -2.55. The summed E-state index contributed by atoms with van der Waals surface area (Å²) in [5.41, 5.74) is 0.893. The third-order valence-corrected chi connectivity index (χ3v) is 5.98. The summed E-state index contributed by atoms with van der Waals surface area (Å²) in [6, 6.07) is 10.8. The second-order valence-corrected chi connectivity index (χ2v) is 7.49. The Morgan fingerprint density at radius 2 is 2.23 bits per heavy atom. The molecule has 0 aromatic heterocycles. The van der Waals surface area contributed by atoms with Crippen molar-refractivity contribution < 1.29 is 13.9 Å². The Balaban J connectivity index is 1.76. The molecule has 3 heterocycles. The van der Waals surface area contributed by atoms with Crippen molar-refractivity contribution in [3.63, 3.8) is 0 Å². The number of hydrogen-bond donors (Lipinski definition) is 0. The van der Waals surface area contributed by atoms with Crippen LogP contribution in [-0.4, -0.2) is 30.0 Å². The van der Waals surface area contributed by atoms with Gasteiger partial charge < -0.3 is 4.74 Å². The molecule has 3 saturated heterocycles. The van der Waals surface area contributed by atoms with Crippen LogP contribution in [0.25, 0.3) is 10.8 Å². The first-order valence-electron chi connectivity index (χ1n) is 9.29. The van der Waals surface area contributed by atoms with E-state index in [0.29, 0.717) is 11.8 Å². The van der Waals surface area contributed by atoms with Gasteiger partial charge in [0.15, 0.2) is 0 Å². The molecular weight excluding hydrogens is 329 g/mol. The van der Waals surface area contributed by atoms with E-state index in [2.05, 4.69) is 17.6 Å². The van der Waals surface area contributed by atoms with Gasteiger partial charge >= 0.3 is 5.97 Å². The van der Waals surface area contributed by atoms with Crippen molar-refractivity contribution in [2.75, 3.05) is 13.1 Å². The quantitative estimate of drug-likeness (QED) is 0.600. The van der Waals surface area contributed by atoms with E-state index in [4.69, 9.17) is 4.74 Å². The van der Waals surface area contributed by atoms with E-state index in [-0.39, 0.29) is 23.9 Å². The molecule has 3 aliphatic rings. The average molecular weight is 353 g/mol. The normalized spacial score (nSPS) is 28.7. The summed E-state index contributed by atoms with van der Waals surface area (Å²) in [4.78, 5) is 14.3. The number of esters is 1. The van der Waals surface area contributed by atoms with E-state index in [0.717, 1.165) is 42.3 Å². The predicted octanol–water partition coefficient (Wildman–Crippen LogP) is 4.48. The monoisotopic (exact) mass is 353 g/mol. The van der Waals surface area contributed by atoms with E-state index in [1.807, 2.05) is 18.2 Å². The van der Waals surface area contributed by atoms with Gasteiger partial charge in [0.2, 0.25) is 0 Å². The van der Waals surface area contributed by atoms with Gasteiger partial charge in [-0.15, -0.1) is 6.58 Å². The maximum absolute atomic E-state index is 13.9. The minimum Gasteiger partial charge on any atom is -0.456 e. The highest BCUT2D eigenvalue weighted by Gasteiger charge is 2.44. The molecule has 4 unspecified atom stereocenters. The summed E-state index contributed by atoms with van der Waals surface area (Å²) in [6.45, 7) is 7.39. The highest BCUT2D eigenvalue weighted by molar-refractivity contribution is 5.86. The van der Waals surface area contributed by atoms with Crippen molar-refractivity contribution >= 4 is 16.7 Å². The lowest BCUT2D eigenvalue weighted by atomic mass is 9.73. The van der Waals surface area contributed by atoms with Crippen LogP contribution in [0.15, 0.2) is 49.1 Å². The van der Waals surface area contributed by atoms with E-state index < -0.39 is 0 Å². The van der Waals surface area contributed by atoms with Crippen LogP contribution in [0, 0.1) is 17.7 Å². The number of hydrogen-bond acceptors (Lipinski definition) is 3. The molecule has 0 amide bonds. The molecular formula is C22H24FNO2. The summed E-state index contributed by atoms with van der Waals surface area (Å²) in [5, 5.41) is 1.78. The third-order valence-electron chi connectivity index (χ3n) is 5.98. The second kappa shape index (κ2) is 6.84. The maximum atomic E-state index is 13.9. The number of ether oxygens (including phenoxy) is 1. The highest BCUT2D eigenvalue weighted by Crippen LogP contribution is 2.43. The fraction of sp³-hybridized carbons (Fsp3) is 0.409. The second-order valence-electron chi connectivity index (χ2n) is 7.49. The van der Waals surface area contributed by atoms with E-state index in [1.54, 1.807) is 12.1 Å². The molecule has 0 spiro atoms. The Kier molecular flexibility index (Phi) is 4.53. The Morgan fingerprint density at radius 3 is 2.92 bits per heavy atom. The zero-order valence-electron chi connectivity index (χ0n) is 15.0. The summed E-state index contributed by atoms with van der Waals surface area (Å²) < 4.78 is 19.7. The first-order chi connectivity index (χ1) is 12.6. The Labute approximate surface area is 153 Å². The number of benzene rings is 2. The van der Waals surface area contributed by atoms with Gasteiger partial charge in [-0.25, -0.2) is 4.39 Å². The number of carbonyl (C=O) groups is 1. The molecule has 136 valence electrons. The van der Waals surface area contributed by atoms with Crippen molar-refractivity contribution in [3.8, 4) is 0 Å². The fourth-order valence-electron chi connectivity index (χ4n) is 4.74. The van der Waals surface area contributed by atoms with Gasteiger partial charge in [-0.1, -0.05) is 30.3 Å². The highest BCUT2D eigenvalue weighted by atomic mass is 19.1. The van der Waals surface area contributed by atoms with E-state index in [9.17, 15) is 9.18 Å². The maximum Gasteiger partial charge on any atom is 0.303 e. The number of nitrogens with zero attached hydrogens (tertiary/aromatic N) is 1. The fourth-order valence-corrected chi connectivity index (χ4v) is 4.74. The van der Waals surface area contributed by atoms with Gasteiger partial charge in [0.05, 0.1) is 6.04 Å². The third kappa shape index (κ3) is 3.03. The van der Waals surface area contributed by atoms with Crippen LogP contribution in [0.5, 0.6) is 0 Å². The summed E-state index contributed by atoms with van der Waals surface area (Å²) >= 11 is 0. The number of rotatable bonds is 4. The summed E-state index contributed by atoms with van der Waals surface area (Å²) in [6.07, 6.45) is 3.80. The Morgan fingerprint density at radius 1 is 1.38 bits per heavy atom. The van der Waals surface area contributed by atoms with Crippen molar-refractivity contribution in [2.24, 2.45) is 11.8 Å². The SMILES string of the molecule is C=CC1CN2CCC1CC2[C@H](OC(C)=O)c1cccc2ccc(F)cc12. The van der Waals surface area contributed by atoms with Crippen LogP contribution in [0.1, 0.15) is 31.4 Å².